The fraction of sp³-hybridized carbons (Fsp3) is 0.0169. The van der Waals surface area contributed by atoms with Crippen molar-refractivity contribution in [3.05, 3.63) is 235 Å². The minimum Gasteiger partial charge on any atom is -0.456 e. The van der Waals surface area contributed by atoms with Crippen LogP contribution in [-0.2, 0) is 5.41 Å². The molecular formula is C59H35NOS. The maximum absolute atomic E-state index is 6.50. The third kappa shape index (κ3) is 4.53. The number of rotatable bonds is 4. The number of hydrogen-bond acceptors (Lipinski definition) is 3. The topological polar surface area (TPSA) is 16.4 Å². The van der Waals surface area contributed by atoms with Gasteiger partial charge in [0.05, 0.1) is 21.5 Å². The zero-order chi connectivity index (χ0) is 40.5. The predicted molar refractivity (Wildman–Crippen MR) is 261 cm³/mol. The molecule has 0 amide bonds. The average Bonchev–Trinajstić information content (AvgIpc) is 4.06. The van der Waals surface area contributed by atoms with Crippen LogP contribution in [0.1, 0.15) is 22.3 Å². The molecule has 0 bridgehead atoms. The fourth-order valence-corrected chi connectivity index (χ4v) is 12.3. The van der Waals surface area contributed by atoms with E-state index < -0.39 is 5.41 Å². The van der Waals surface area contributed by atoms with Crippen molar-refractivity contribution in [2.45, 2.75) is 5.41 Å². The lowest BCUT2D eigenvalue weighted by Crippen LogP contribution is -2.26. The lowest BCUT2D eigenvalue weighted by Gasteiger charge is -2.33. The Bertz CT molecular complexity index is 3790. The van der Waals surface area contributed by atoms with Crippen molar-refractivity contribution in [1.29, 1.82) is 0 Å². The normalized spacial score (nSPS) is 13.3. The van der Waals surface area contributed by atoms with E-state index in [2.05, 4.69) is 217 Å². The van der Waals surface area contributed by atoms with Gasteiger partial charge in [0.1, 0.15) is 11.2 Å². The Labute approximate surface area is 362 Å². The Morgan fingerprint density at radius 2 is 0.952 bits per heavy atom. The quantitative estimate of drug-likeness (QED) is 0.176. The molecule has 0 unspecified atom stereocenters. The number of fused-ring (bicyclic) bond motifs is 17. The Balaban J connectivity index is 1.05. The van der Waals surface area contributed by atoms with Crippen LogP contribution in [0, 0.1) is 0 Å². The third-order valence-corrected chi connectivity index (χ3v) is 14.9. The summed E-state index contributed by atoms with van der Waals surface area (Å²) in [5.74, 6) is 0. The molecule has 0 fully saturated rings. The predicted octanol–water partition coefficient (Wildman–Crippen LogP) is 16.6. The summed E-state index contributed by atoms with van der Waals surface area (Å²) in [5.41, 5.74) is 17.6. The highest BCUT2D eigenvalue weighted by molar-refractivity contribution is 7.26. The Morgan fingerprint density at radius 3 is 1.71 bits per heavy atom. The van der Waals surface area contributed by atoms with Crippen LogP contribution in [0.5, 0.6) is 0 Å². The highest BCUT2D eigenvalue weighted by Gasteiger charge is 2.51. The SMILES string of the molecule is c1ccc(N(c2ccc3c(c2)C2(c4ccccc4-c4ccccc42)c2ccccc2-3)c2cccc3c2sc2ccccc23)c(-c2ccc3oc4cc5ccccc5cc4c3c2)c1. The summed E-state index contributed by atoms with van der Waals surface area (Å²) in [7, 11) is 0. The summed E-state index contributed by atoms with van der Waals surface area (Å²) in [6.07, 6.45) is 0. The van der Waals surface area contributed by atoms with Crippen molar-refractivity contribution >= 4 is 81.3 Å². The maximum atomic E-state index is 6.50. The van der Waals surface area contributed by atoms with Gasteiger partial charge in [-0.3, -0.25) is 0 Å². The van der Waals surface area contributed by atoms with Gasteiger partial charge in [-0.15, -0.1) is 11.3 Å². The summed E-state index contributed by atoms with van der Waals surface area (Å²) in [5, 5.41) is 7.19. The zero-order valence-electron chi connectivity index (χ0n) is 33.5. The lowest BCUT2D eigenvalue weighted by atomic mass is 9.70. The second kappa shape index (κ2) is 12.7. The molecule has 288 valence electrons. The largest absolute Gasteiger partial charge is 0.456 e. The molecule has 2 aliphatic carbocycles. The van der Waals surface area contributed by atoms with Crippen LogP contribution in [0.2, 0.25) is 0 Å². The lowest BCUT2D eigenvalue weighted by molar-refractivity contribution is 0.669. The number of para-hydroxylation sites is 1. The standard InChI is InChI=1S/C59H35NOS/c1-2-15-37-34-56-48(32-36(37)14-1)47-33-38(28-31-55(47)61-56)40-16-6-11-25-53(40)60(54-26-13-21-46-45-20-7-12-27-57(45)62-58(46)54)39-29-30-44-43-19-5-10-24-51(43)59(52(44)35-39)49-22-8-3-17-41(49)42-18-4-9-23-50(42)59/h1-35H. The molecule has 0 saturated carbocycles. The molecule has 0 saturated heterocycles. The molecule has 1 spiro atoms. The van der Waals surface area contributed by atoms with E-state index in [1.165, 1.54) is 75.5 Å². The van der Waals surface area contributed by atoms with Crippen LogP contribution in [0.4, 0.5) is 17.1 Å². The molecule has 2 nitrogen and oxygen atoms in total. The van der Waals surface area contributed by atoms with Gasteiger partial charge < -0.3 is 9.32 Å². The second-order valence-electron chi connectivity index (χ2n) is 16.7. The van der Waals surface area contributed by atoms with E-state index in [1.54, 1.807) is 0 Å². The number of hydrogen-bond donors (Lipinski definition) is 0. The van der Waals surface area contributed by atoms with Gasteiger partial charge in [-0.2, -0.15) is 0 Å². The summed E-state index contributed by atoms with van der Waals surface area (Å²) >= 11 is 1.87. The molecule has 0 atom stereocenters. The minimum absolute atomic E-state index is 0.457. The molecule has 14 rings (SSSR count). The van der Waals surface area contributed by atoms with Crippen molar-refractivity contribution in [3.8, 4) is 33.4 Å². The van der Waals surface area contributed by atoms with Gasteiger partial charge in [-0.1, -0.05) is 158 Å². The summed E-state index contributed by atoms with van der Waals surface area (Å²) in [6.45, 7) is 0. The van der Waals surface area contributed by atoms with Gasteiger partial charge in [-0.25, -0.2) is 0 Å². The Hall–Kier alpha value is -7.72. The van der Waals surface area contributed by atoms with Crippen molar-refractivity contribution in [3.63, 3.8) is 0 Å². The van der Waals surface area contributed by atoms with E-state index in [0.717, 1.165) is 50.1 Å². The molecule has 2 heterocycles. The molecule has 0 radical (unpaired) electrons. The van der Waals surface area contributed by atoms with Crippen LogP contribution in [-0.4, -0.2) is 0 Å². The molecule has 0 N–H and O–H groups in total. The van der Waals surface area contributed by atoms with E-state index in [9.17, 15) is 0 Å². The molecule has 3 heteroatoms. The van der Waals surface area contributed by atoms with E-state index in [0.29, 0.717) is 0 Å². The van der Waals surface area contributed by atoms with Crippen LogP contribution >= 0.6 is 11.3 Å². The second-order valence-corrected chi connectivity index (χ2v) is 17.8. The monoisotopic (exact) mass is 805 g/mol. The fourth-order valence-electron chi connectivity index (χ4n) is 11.1. The van der Waals surface area contributed by atoms with Crippen LogP contribution < -0.4 is 4.90 Å². The van der Waals surface area contributed by atoms with Gasteiger partial charge in [0.2, 0.25) is 0 Å². The van der Waals surface area contributed by atoms with E-state index in [4.69, 9.17) is 4.42 Å². The summed E-state index contributed by atoms with van der Waals surface area (Å²) < 4.78 is 9.05. The molecular weight excluding hydrogens is 771 g/mol. The first-order valence-corrected chi connectivity index (χ1v) is 22.1. The van der Waals surface area contributed by atoms with E-state index in [1.807, 2.05) is 11.3 Å². The zero-order valence-corrected chi connectivity index (χ0v) is 34.3. The molecule has 0 aliphatic heterocycles. The average molecular weight is 806 g/mol. The Morgan fingerprint density at radius 1 is 0.371 bits per heavy atom. The minimum atomic E-state index is -0.457. The van der Waals surface area contributed by atoms with Crippen LogP contribution in [0.3, 0.4) is 0 Å². The smallest absolute Gasteiger partial charge is 0.136 e. The molecule has 62 heavy (non-hydrogen) atoms. The number of thiophene rings is 1. The van der Waals surface area contributed by atoms with Gasteiger partial charge in [-0.05, 0) is 115 Å². The first kappa shape index (κ1) is 34.0. The van der Waals surface area contributed by atoms with Crippen molar-refractivity contribution < 1.29 is 4.42 Å². The number of benzene rings is 10. The van der Waals surface area contributed by atoms with Crippen LogP contribution in [0.15, 0.2) is 217 Å². The van der Waals surface area contributed by atoms with Gasteiger partial charge in [0.25, 0.3) is 0 Å². The number of anilines is 3. The number of nitrogens with zero attached hydrogens (tertiary/aromatic N) is 1. The molecule has 10 aromatic carbocycles. The summed E-state index contributed by atoms with van der Waals surface area (Å²) in [4.78, 5) is 2.53. The van der Waals surface area contributed by atoms with Gasteiger partial charge in [0, 0.05) is 37.5 Å². The number of furan rings is 1. The first-order valence-electron chi connectivity index (χ1n) is 21.3. The summed E-state index contributed by atoms with van der Waals surface area (Å²) in [6, 6.07) is 78.7. The van der Waals surface area contributed by atoms with Crippen LogP contribution in [0.25, 0.3) is 86.3 Å². The van der Waals surface area contributed by atoms with Crippen molar-refractivity contribution in [2.24, 2.45) is 0 Å². The highest BCUT2D eigenvalue weighted by Crippen LogP contribution is 2.63. The highest BCUT2D eigenvalue weighted by atomic mass is 32.1. The molecule has 2 aromatic heterocycles. The molecule has 2 aliphatic rings. The van der Waals surface area contributed by atoms with Crippen molar-refractivity contribution in [2.75, 3.05) is 4.90 Å². The molecule has 12 aromatic rings. The maximum Gasteiger partial charge on any atom is 0.136 e. The third-order valence-electron chi connectivity index (χ3n) is 13.7. The van der Waals surface area contributed by atoms with Gasteiger partial charge >= 0.3 is 0 Å². The van der Waals surface area contributed by atoms with E-state index in [-0.39, 0.29) is 0 Å². The van der Waals surface area contributed by atoms with Gasteiger partial charge in [0.15, 0.2) is 0 Å². The Kier molecular flexibility index (Phi) is 6.95. The van der Waals surface area contributed by atoms with Crippen molar-refractivity contribution in [1.82, 2.24) is 0 Å². The first-order chi connectivity index (χ1) is 30.7. The van der Waals surface area contributed by atoms with E-state index >= 15 is 0 Å².